The van der Waals surface area contributed by atoms with Crippen LogP contribution in [-0.2, 0) is 9.84 Å². The van der Waals surface area contributed by atoms with Crippen molar-refractivity contribution in [3.63, 3.8) is 0 Å². The van der Waals surface area contributed by atoms with E-state index in [2.05, 4.69) is 10.4 Å². The van der Waals surface area contributed by atoms with Crippen molar-refractivity contribution in [1.29, 1.82) is 0 Å². The van der Waals surface area contributed by atoms with Crippen LogP contribution in [0.25, 0.3) is 5.69 Å². The number of sulfone groups is 1. The van der Waals surface area contributed by atoms with Gasteiger partial charge in [0.25, 0.3) is 0 Å². The SMILES string of the molecule is CCN(C(=O)Nc1cccc(-n2cccn2)c1)C1CCS(=O)(=O)C1. The largest absolute Gasteiger partial charge is 0.322 e. The maximum atomic E-state index is 12.5. The Balaban J connectivity index is 1.73. The number of carbonyl (C=O) groups excluding carboxylic acids is 1. The van der Waals surface area contributed by atoms with Crippen LogP contribution < -0.4 is 5.32 Å². The van der Waals surface area contributed by atoms with Crippen molar-refractivity contribution in [2.24, 2.45) is 0 Å². The van der Waals surface area contributed by atoms with E-state index in [-0.39, 0.29) is 23.6 Å². The van der Waals surface area contributed by atoms with E-state index in [9.17, 15) is 13.2 Å². The lowest BCUT2D eigenvalue weighted by molar-refractivity contribution is 0.197. The number of rotatable bonds is 4. The molecule has 1 aliphatic rings. The number of anilines is 1. The molecule has 1 N–H and O–H groups in total. The fraction of sp³-hybridized carbons (Fsp3) is 0.375. The van der Waals surface area contributed by atoms with Gasteiger partial charge in [-0.2, -0.15) is 5.10 Å². The third-order valence-corrected chi connectivity index (χ3v) is 5.87. The first-order valence-electron chi connectivity index (χ1n) is 7.86. The van der Waals surface area contributed by atoms with Crippen LogP contribution in [-0.4, -0.2) is 53.2 Å². The Morgan fingerprint density at radius 2 is 2.25 bits per heavy atom. The Labute approximate surface area is 141 Å². The first-order chi connectivity index (χ1) is 11.5. The zero-order valence-corrected chi connectivity index (χ0v) is 14.2. The molecule has 128 valence electrons. The highest BCUT2D eigenvalue weighted by Gasteiger charge is 2.33. The molecule has 7 nitrogen and oxygen atoms in total. The Bertz CT molecular complexity index is 818. The molecule has 2 heterocycles. The summed E-state index contributed by atoms with van der Waals surface area (Å²) in [6.45, 7) is 2.32. The molecular formula is C16H20N4O3S. The lowest BCUT2D eigenvalue weighted by Crippen LogP contribution is -2.43. The van der Waals surface area contributed by atoms with Gasteiger partial charge in [0.05, 0.1) is 17.2 Å². The smallest absolute Gasteiger partial charge is 0.321 e. The van der Waals surface area contributed by atoms with Gasteiger partial charge in [0.1, 0.15) is 0 Å². The van der Waals surface area contributed by atoms with Crippen LogP contribution in [0.3, 0.4) is 0 Å². The Hall–Kier alpha value is -2.35. The highest BCUT2D eigenvalue weighted by Crippen LogP contribution is 2.20. The summed E-state index contributed by atoms with van der Waals surface area (Å²) in [5, 5.41) is 7.01. The maximum absolute atomic E-state index is 12.5. The van der Waals surface area contributed by atoms with Gasteiger partial charge in [-0.15, -0.1) is 0 Å². The Morgan fingerprint density at radius 1 is 1.42 bits per heavy atom. The molecule has 1 saturated heterocycles. The molecular weight excluding hydrogens is 328 g/mol. The number of amides is 2. The molecule has 0 spiro atoms. The number of aromatic nitrogens is 2. The lowest BCUT2D eigenvalue weighted by Gasteiger charge is -2.27. The minimum atomic E-state index is -3.03. The average Bonchev–Trinajstić information content (AvgIpc) is 3.18. The molecule has 2 aromatic rings. The molecule has 1 fully saturated rings. The molecule has 8 heteroatoms. The van der Waals surface area contributed by atoms with E-state index in [1.165, 1.54) is 0 Å². The molecule has 0 radical (unpaired) electrons. The van der Waals surface area contributed by atoms with Gasteiger partial charge >= 0.3 is 6.03 Å². The van der Waals surface area contributed by atoms with Crippen LogP contribution >= 0.6 is 0 Å². The molecule has 1 aliphatic heterocycles. The fourth-order valence-electron chi connectivity index (χ4n) is 2.93. The summed E-state index contributed by atoms with van der Waals surface area (Å²) in [5.74, 6) is 0.192. The molecule has 1 aromatic carbocycles. The number of nitrogens with one attached hydrogen (secondary N) is 1. The van der Waals surface area contributed by atoms with Gasteiger partial charge in [-0.3, -0.25) is 0 Å². The normalized spacial score (nSPS) is 19.1. The summed E-state index contributed by atoms with van der Waals surface area (Å²) >= 11 is 0. The van der Waals surface area contributed by atoms with Crippen molar-refractivity contribution in [2.75, 3.05) is 23.4 Å². The van der Waals surface area contributed by atoms with Crippen molar-refractivity contribution in [3.05, 3.63) is 42.7 Å². The van der Waals surface area contributed by atoms with Crippen molar-refractivity contribution in [2.45, 2.75) is 19.4 Å². The predicted octanol–water partition coefficient (Wildman–Crippen LogP) is 1.91. The quantitative estimate of drug-likeness (QED) is 0.915. The zero-order valence-electron chi connectivity index (χ0n) is 13.4. The Kier molecular flexibility index (Phi) is 4.57. The highest BCUT2D eigenvalue weighted by atomic mass is 32.2. The molecule has 24 heavy (non-hydrogen) atoms. The number of hydrogen-bond acceptors (Lipinski definition) is 4. The highest BCUT2D eigenvalue weighted by molar-refractivity contribution is 7.91. The van der Waals surface area contributed by atoms with Crippen LogP contribution in [0, 0.1) is 0 Å². The minimum absolute atomic E-state index is 0.0432. The van der Waals surface area contributed by atoms with Crippen LogP contribution in [0.2, 0.25) is 0 Å². The molecule has 1 unspecified atom stereocenters. The predicted molar refractivity (Wildman–Crippen MR) is 92.0 cm³/mol. The maximum Gasteiger partial charge on any atom is 0.322 e. The lowest BCUT2D eigenvalue weighted by atomic mass is 10.2. The summed E-state index contributed by atoms with van der Waals surface area (Å²) in [5.41, 5.74) is 1.48. The van der Waals surface area contributed by atoms with Gasteiger partial charge in [-0.1, -0.05) is 6.07 Å². The van der Waals surface area contributed by atoms with E-state index in [0.29, 0.717) is 18.7 Å². The summed E-state index contributed by atoms with van der Waals surface area (Å²) in [7, 11) is -3.03. The van der Waals surface area contributed by atoms with Crippen molar-refractivity contribution in [3.8, 4) is 5.69 Å². The second-order valence-corrected chi connectivity index (χ2v) is 8.00. The van der Waals surface area contributed by atoms with Gasteiger partial charge in [0.2, 0.25) is 0 Å². The van der Waals surface area contributed by atoms with Gasteiger partial charge in [-0.05, 0) is 37.6 Å². The number of benzene rings is 1. The number of hydrogen-bond donors (Lipinski definition) is 1. The van der Waals surface area contributed by atoms with E-state index < -0.39 is 9.84 Å². The van der Waals surface area contributed by atoms with Crippen LogP contribution in [0.4, 0.5) is 10.5 Å². The topological polar surface area (TPSA) is 84.3 Å². The van der Waals surface area contributed by atoms with Crippen LogP contribution in [0.1, 0.15) is 13.3 Å². The summed E-state index contributed by atoms with van der Waals surface area (Å²) in [6, 6.07) is 8.64. The summed E-state index contributed by atoms with van der Waals surface area (Å²) < 4.78 is 25.0. The van der Waals surface area contributed by atoms with E-state index in [4.69, 9.17) is 0 Å². The third-order valence-electron chi connectivity index (χ3n) is 4.12. The first-order valence-corrected chi connectivity index (χ1v) is 9.69. The second kappa shape index (κ2) is 6.64. The van der Waals surface area contributed by atoms with Crippen LogP contribution in [0.15, 0.2) is 42.7 Å². The average molecular weight is 348 g/mol. The standard InChI is InChI=1S/C16H20N4O3S/c1-2-19(15-7-10-24(22,23)12-15)16(21)18-13-5-3-6-14(11-13)20-9-4-8-17-20/h3-6,8-9,11,15H,2,7,10,12H2,1H3,(H,18,21). The van der Waals surface area contributed by atoms with E-state index in [1.807, 2.05) is 37.4 Å². The van der Waals surface area contributed by atoms with Gasteiger partial charge in [0, 0.05) is 30.7 Å². The number of nitrogens with zero attached hydrogens (tertiary/aromatic N) is 3. The van der Waals surface area contributed by atoms with Crippen molar-refractivity contribution < 1.29 is 13.2 Å². The van der Waals surface area contributed by atoms with Crippen molar-refractivity contribution >= 4 is 21.6 Å². The molecule has 2 amide bonds. The van der Waals surface area contributed by atoms with Crippen molar-refractivity contribution in [1.82, 2.24) is 14.7 Å². The monoisotopic (exact) mass is 348 g/mol. The van der Waals surface area contributed by atoms with Crippen LogP contribution in [0.5, 0.6) is 0 Å². The molecule has 0 saturated carbocycles. The molecule has 1 atom stereocenters. The number of urea groups is 1. The van der Waals surface area contributed by atoms with E-state index in [1.54, 1.807) is 21.8 Å². The molecule has 3 rings (SSSR count). The van der Waals surface area contributed by atoms with E-state index >= 15 is 0 Å². The molecule has 0 bridgehead atoms. The summed E-state index contributed by atoms with van der Waals surface area (Å²) in [6.07, 6.45) is 4.00. The van der Waals surface area contributed by atoms with E-state index in [0.717, 1.165) is 5.69 Å². The fourth-order valence-corrected chi connectivity index (χ4v) is 4.66. The van der Waals surface area contributed by atoms with Gasteiger partial charge < -0.3 is 10.2 Å². The minimum Gasteiger partial charge on any atom is -0.321 e. The number of carbonyl (C=O) groups is 1. The third kappa shape index (κ3) is 3.59. The molecule has 0 aliphatic carbocycles. The summed E-state index contributed by atoms with van der Waals surface area (Å²) in [4.78, 5) is 14.1. The van der Waals surface area contributed by atoms with Gasteiger partial charge in [0.15, 0.2) is 9.84 Å². The second-order valence-electron chi connectivity index (χ2n) is 5.77. The zero-order chi connectivity index (χ0) is 17.2. The van der Waals surface area contributed by atoms with Gasteiger partial charge in [-0.25, -0.2) is 17.9 Å². The Morgan fingerprint density at radius 3 is 2.88 bits per heavy atom. The molecule has 1 aromatic heterocycles. The first kappa shape index (κ1) is 16.5.